The molecule has 8 heteroatoms. The van der Waals surface area contributed by atoms with Gasteiger partial charge in [-0.3, -0.25) is 4.79 Å². The van der Waals surface area contributed by atoms with Crippen LogP contribution in [0.5, 0.6) is 0 Å². The fourth-order valence-corrected chi connectivity index (χ4v) is 3.40. The number of benzene rings is 1. The number of nitrogens with one attached hydrogen (secondary N) is 1. The van der Waals surface area contributed by atoms with Crippen LogP contribution in [-0.4, -0.2) is 64.8 Å². The lowest BCUT2D eigenvalue weighted by molar-refractivity contribution is -0.116. The van der Waals surface area contributed by atoms with Crippen molar-refractivity contribution in [3.8, 4) is 0 Å². The molecule has 1 fully saturated rings. The normalized spacial score (nSPS) is 15.0. The van der Waals surface area contributed by atoms with Crippen molar-refractivity contribution in [1.82, 2.24) is 4.31 Å². The number of hydrogen-bond donors (Lipinski definition) is 1. The number of nitrogens with zero attached hydrogens (tertiary/aromatic N) is 2. The second kappa shape index (κ2) is 8.46. The predicted octanol–water partition coefficient (Wildman–Crippen LogP) is 1.13. The number of amides is 1. The molecule has 7 nitrogen and oxygen atoms in total. The molecule has 134 valence electrons. The molecule has 0 aliphatic carbocycles. The minimum absolute atomic E-state index is 0.149. The van der Waals surface area contributed by atoms with E-state index in [0.29, 0.717) is 5.69 Å². The van der Waals surface area contributed by atoms with Gasteiger partial charge in [0.1, 0.15) is 0 Å². The van der Waals surface area contributed by atoms with Gasteiger partial charge in [0, 0.05) is 38.1 Å². The molecule has 1 amide bonds. The van der Waals surface area contributed by atoms with Gasteiger partial charge < -0.3 is 15.0 Å². The highest BCUT2D eigenvalue weighted by Crippen LogP contribution is 2.22. The standard InChI is InChI=1S/C16H25N3O4S/c1-23-12-11-19(24(2,21)22)13-16(20)17-14-5-7-15(8-6-14)18-9-3-4-10-18/h5-8H,3-4,9-13H2,1-2H3,(H,17,20). The number of carbonyl (C=O) groups excluding carboxylic acids is 1. The molecule has 1 saturated heterocycles. The van der Waals surface area contributed by atoms with Crippen molar-refractivity contribution in [3.63, 3.8) is 0 Å². The van der Waals surface area contributed by atoms with Crippen molar-refractivity contribution in [2.75, 3.05) is 56.4 Å². The number of hydrogen-bond acceptors (Lipinski definition) is 5. The van der Waals surface area contributed by atoms with E-state index in [1.807, 2.05) is 24.3 Å². The van der Waals surface area contributed by atoms with Crippen molar-refractivity contribution >= 4 is 27.3 Å². The molecule has 24 heavy (non-hydrogen) atoms. The Morgan fingerprint density at radius 1 is 1.25 bits per heavy atom. The van der Waals surface area contributed by atoms with E-state index in [-0.39, 0.29) is 25.6 Å². The van der Waals surface area contributed by atoms with Crippen LogP contribution < -0.4 is 10.2 Å². The molecule has 0 radical (unpaired) electrons. The van der Waals surface area contributed by atoms with E-state index in [4.69, 9.17) is 4.74 Å². The second-order valence-corrected chi connectivity index (χ2v) is 7.86. The van der Waals surface area contributed by atoms with Gasteiger partial charge in [0.05, 0.1) is 19.4 Å². The molecule has 1 aromatic carbocycles. The maximum atomic E-state index is 12.1. The van der Waals surface area contributed by atoms with Crippen LogP contribution in [0.15, 0.2) is 24.3 Å². The van der Waals surface area contributed by atoms with Gasteiger partial charge in [0.25, 0.3) is 0 Å². The molecule has 1 aliphatic rings. The number of ether oxygens (including phenoxy) is 1. The Bertz CT molecular complexity index is 640. The summed E-state index contributed by atoms with van der Waals surface area (Å²) in [7, 11) is -1.97. The quantitative estimate of drug-likeness (QED) is 0.756. The van der Waals surface area contributed by atoms with Crippen LogP contribution in [-0.2, 0) is 19.6 Å². The van der Waals surface area contributed by atoms with E-state index in [1.54, 1.807) is 0 Å². The summed E-state index contributed by atoms with van der Waals surface area (Å²) in [6, 6.07) is 7.62. The predicted molar refractivity (Wildman–Crippen MR) is 94.8 cm³/mol. The number of rotatable bonds is 8. The van der Waals surface area contributed by atoms with Crippen LogP contribution in [0.25, 0.3) is 0 Å². The third-order valence-electron chi connectivity index (χ3n) is 3.96. The van der Waals surface area contributed by atoms with Crippen LogP contribution in [0.4, 0.5) is 11.4 Å². The van der Waals surface area contributed by atoms with Crippen molar-refractivity contribution in [2.24, 2.45) is 0 Å². The Kier molecular flexibility index (Phi) is 6.59. The Balaban J connectivity index is 1.92. The van der Waals surface area contributed by atoms with Gasteiger partial charge in [-0.15, -0.1) is 0 Å². The summed E-state index contributed by atoms with van der Waals surface area (Å²) in [4.78, 5) is 14.4. The SMILES string of the molecule is COCCN(CC(=O)Nc1ccc(N2CCCC2)cc1)S(C)(=O)=O. The molecular weight excluding hydrogens is 330 g/mol. The van der Waals surface area contributed by atoms with Crippen molar-refractivity contribution < 1.29 is 17.9 Å². The molecule has 1 N–H and O–H groups in total. The summed E-state index contributed by atoms with van der Waals surface area (Å²) in [6.45, 7) is 2.29. The lowest BCUT2D eigenvalue weighted by Crippen LogP contribution is -2.39. The number of sulfonamides is 1. The van der Waals surface area contributed by atoms with Gasteiger partial charge in [-0.25, -0.2) is 8.42 Å². The van der Waals surface area contributed by atoms with Crippen molar-refractivity contribution in [1.29, 1.82) is 0 Å². The molecule has 0 unspecified atom stereocenters. The fourth-order valence-electron chi connectivity index (χ4n) is 2.65. The zero-order chi connectivity index (χ0) is 17.6. The van der Waals surface area contributed by atoms with E-state index in [9.17, 15) is 13.2 Å². The highest BCUT2D eigenvalue weighted by atomic mass is 32.2. The molecule has 0 bridgehead atoms. The zero-order valence-electron chi connectivity index (χ0n) is 14.2. The minimum Gasteiger partial charge on any atom is -0.383 e. The second-order valence-electron chi connectivity index (χ2n) is 5.88. The average Bonchev–Trinajstić information content (AvgIpc) is 3.05. The summed E-state index contributed by atoms with van der Waals surface area (Å²) < 4.78 is 29.4. The van der Waals surface area contributed by atoms with E-state index in [1.165, 1.54) is 20.0 Å². The highest BCUT2D eigenvalue weighted by molar-refractivity contribution is 7.88. The van der Waals surface area contributed by atoms with E-state index >= 15 is 0 Å². The highest BCUT2D eigenvalue weighted by Gasteiger charge is 2.20. The van der Waals surface area contributed by atoms with E-state index < -0.39 is 10.0 Å². The molecule has 0 spiro atoms. The van der Waals surface area contributed by atoms with Crippen LogP contribution in [0, 0.1) is 0 Å². The van der Waals surface area contributed by atoms with Gasteiger partial charge in [0.2, 0.25) is 15.9 Å². The average molecular weight is 355 g/mol. The molecule has 0 aromatic heterocycles. The molecule has 1 aromatic rings. The maximum Gasteiger partial charge on any atom is 0.239 e. The topological polar surface area (TPSA) is 79.0 Å². The Hall–Kier alpha value is -1.64. The van der Waals surface area contributed by atoms with Crippen molar-refractivity contribution in [3.05, 3.63) is 24.3 Å². The molecular formula is C16H25N3O4S. The van der Waals surface area contributed by atoms with Gasteiger partial charge >= 0.3 is 0 Å². The van der Waals surface area contributed by atoms with E-state index in [0.717, 1.165) is 29.3 Å². The molecule has 0 atom stereocenters. The van der Waals surface area contributed by atoms with Gasteiger partial charge in [-0.1, -0.05) is 0 Å². The summed E-state index contributed by atoms with van der Waals surface area (Å²) in [5, 5.41) is 2.73. The third-order valence-corrected chi connectivity index (χ3v) is 5.21. The Labute approximate surface area is 143 Å². The van der Waals surface area contributed by atoms with Gasteiger partial charge in [0.15, 0.2) is 0 Å². The Morgan fingerprint density at radius 2 is 1.88 bits per heavy atom. The molecule has 1 heterocycles. The summed E-state index contributed by atoms with van der Waals surface area (Å²) >= 11 is 0. The number of methoxy groups -OCH3 is 1. The van der Waals surface area contributed by atoms with Crippen LogP contribution >= 0.6 is 0 Å². The fraction of sp³-hybridized carbons (Fsp3) is 0.562. The first kappa shape index (κ1) is 18.7. The summed E-state index contributed by atoms with van der Waals surface area (Å²) in [5.41, 5.74) is 1.80. The minimum atomic E-state index is -3.46. The molecule has 1 aliphatic heterocycles. The number of carbonyl (C=O) groups is 1. The van der Waals surface area contributed by atoms with E-state index in [2.05, 4.69) is 10.2 Å². The monoisotopic (exact) mass is 355 g/mol. The smallest absolute Gasteiger partial charge is 0.239 e. The van der Waals surface area contributed by atoms with Crippen LogP contribution in [0.1, 0.15) is 12.8 Å². The first-order valence-electron chi connectivity index (χ1n) is 7.99. The lowest BCUT2D eigenvalue weighted by Gasteiger charge is -2.20. The third kappa shape index (κ3) is 5.47. The van der Waals surface area contributed by atoms with Crippen LogP contribution in [0.3, 0.4) is 0 Å². The van der Waals surface area contributed by atoms with Crippen molar-refractivity contribution in [2.45, 2.75) is 12.8 Å². The summed E-state index contributed by atoms with van der Waals surface area (Å²) in [6.07, 6.45) is 3.50. The van der Waals surface area contributed by atoms with Crippen LogP contribution in [0.2, 0.25) is 0 Å². The Morgan fingerprint density at radius 3 is 2.42 bits per heavy atom. The first-order valence-corrected chi connectivity index (χ1v) is 9.84. The molecule has 0 saturated carbocycles. The van der Waals surface area contributed by atoms with Gasteiger partial charge in [-0.05, 0) is 37.1 Å². The largest absolute Gasteiger partial charge is 0.383 e. The summed E-state index contributed by atoms with van der Waals surface area (Å²) in [5.74, 6) is -0.370. The maximum absolute atomic E-state index is 12.1. The van der Waals surface area contributed by atoms with Gasteiger partial charge in [-0.2, -0.15) is 4.31 Å². The first-order chi connectivity index (χ1) is 11.4. The number of anilines is 2. The zero-order valence-corrected chi connectivity index (χ0v) is 15.0. The lowest BCUT2D eigenvalue weighted by atomic mass is 10.2. The molecule has 2 rings (SSSR count).